The second-order valence-electron chi connectivity index (χ2n) is 9.02. The number of ether oxygens (including phenoxy) is 1. The number of alkyl halides is 3. The highest BCUT2D eigenvalue weighted by Crippen LogP contribution is 2.38. The average molecular weight is 578 g/mol. The molecule has 0 saturated heterocycles. The summed E-state index contributed by atoms with van der Waals surface area (Å²) in [6.45, 7) is 5.70. The predicted molar refractivity (Wildman–Crippen MR) is 141 cm³/mol. The summed E-state index contributed by atoms with van der Waals surface area (Å²) in [7, 11) is -2.92. The summed E-state index contributed by atoms with van der Waals surface area (Å²) in [4.78, 5) is 16.2. The minimum absolute atomic E-state index is 0.115. The Bertz CT molecular complexity index is 1690. The third-order valence-electron chi connectivity index (χ3n) is 6.21. The Kier molecular flexibility index (Phi) is 8.12. The van der Waals surface area contributed by atoms with Gasteiger partial charge in [-0.25, -0.2) is 9.78 Å². The number of carbonyl (C=O) groups excluding carboxylic acids is 1. The molecule has 204 valence electrons. The number of halogens is 4. The molecule has 0 saturated carbocycles. The number of carbonyl (C=O) groups is 1. The van der Waals surface area contributed by atoms with E-state index in [9.17, 15) is 26.4 Å². The van der Waals surface area contributed by atoms with Crippen molar-refractivity contribution in [3.63, 3.8) is 0 Å². The monoisotopic (exact) mass is 577 g/mol. The Labute approximate surface area is 228 Å². The van der Waals surface area contributed by atoms with Crippen LogP contribution in [0.3, 0.4) is 0 Å². The van der Waals surface area contributed by atoms with Crippen molar-refractivity contribution in [2.45, 2.75) is 45.7 Å². The van der Waals surface area contributed by atoms with Crippen LogP contribution in [0.5, 0.6) is 5.75 Å². The molecule has 0 aliphatic rings. The molecule has 7 nitrogen and oxygen atoms in total. The van der Waals surface area contributed by atoms with Crippen LogP contribution in [0.25, 0.3) is 16.7 Å². The second-order valence-corrected chi connectivity index (χ2v) is 10.0. The van der Waals surface area contributed by atoms with Gasteiger partial charge in [0.2, 0.25) is 0 Å². The van der Waals surface area contributed by atoms with Crippen molar-refractivity contribution >= 4 is 39.2 Å². The van der Waals surface area contributed by atoms with Gasteiger partial charge in [-0.3, -0.25) is 4.57 Å². The lowest BCUT2D eigenvalue weighted by atomic mass is 9.92. The lowest BCUT2D eigenvalue weighted by Gasteiger charge is -2.17. The molecule has 1 heterocycles. The normalized spacial score (nSPS) is 12.4. The summed E-state index contributed by atoms with van der Waals surface area (Å²) in [6.07, 6.45) is -4.76. The average Bonchev–Trinajstić information content (AvgIpc) is 3.21. The van der Waals surface area contributed by atoms with Crippen LogP contribution in [0.1, 0.15) is 47.8 Å². The molecule has 0 aliphatic heterocycles. The lowest BCUT2D eigenvalue weighted by molar-refractivity contribution is -0.137. The predicted octanol–water partition coefficient (Wildman–Crippen LogP) is 7.48. The van der Waals surface area contributed by atoms with E-state index >= 15 is 0 Å². The Hall–Kier alpha value is -3.70. The second kappa shape index (κ2) is 11.2. The summed E-state index contributed by atoms with van der Waals surface area (Å²) < 4.78 is 71.2. The molecule has 0 fully saturated rings. The zero-order valence-electron chi connectivity index (χ0n) is 21.1. The van der Waals surface area contributed by atoms with Gasteiger partial charge in [-0.1, -0.05) is 59.6 Å². The minimum Gasteiger partial charge on any atom is -0.408 e. The molecule has 1 aromatic heterocycles. The molecule has 1 amide bonds. The Morgan fingerprint density at radius 2 is 1.82 bits per heavy atom. The van der Waals surface area contributed by atoms with Gasteiger partial charge in [0.15, 0.2) is 0 Å². The van der Waals surface area contributed by atoms with E-state index in [1.165, 1.54) is 6.07 Å². The van der Waals surface area contributed by atoms with Crippen LogP contribution in [0.4, 0.5) is 18.0 Å². The Morgan fingerprint density at radius 3 is 2.44 bits per heavy atom. The number of nitrogens with zero attached hydrogens (tertiary/aromatic N) is 3. The number of fused-ring (bicyclic) bond motifs is 1. The van der Waals surface area contributed by atoms with E-state index in [1.54, 1.807) is 16.7 Å². The molecule has 39 heavy (non-hydrogen) atoms. The van der Waals surface area contributed by atoms with Crippen molar-refractivity contribution in [2.24, 2.45) is 4.36 Å². The summed E-state index contributed by atoms with van der Waals surface area (Å²) in [6, 6.07) is 15.0. The molecular weight excluding hydrogens is 555 g/mol. The third kappa shape index (κ3) is 6.31. The minimum atomic E-state index is -4.58. The molecular formula is C27H23ClF3N3O4S. The molecule has 0 N–H and O–H groups in total. The van der Waals surface area contributed by atoms with Crippen LogP contribution in [-0.4, -0.2) is 24.1 Å². The first-order valence-electron chi connectivity index (χ1n) is 11.9. The lowest BCUT2D eigenvalue weighted by Crippen LogP contribution is -2.07. The van der Waals surface area contributed by atoms with Crippen molar-refractivity contribution < 1.29 is 31.1 Å². The van der Waals surface area contributed by atoms with Gasteiger partial charge in [0.25, 0.3) is 0 Å². The van der Waals surface area contributed by atoms with Gasteiger partial charge < -0.3 is 4.74 Å². The van der Waals surface area contributed by atoms with E-state index in [1.807, 2.05) is 51.1 Å². The third-order valence-corrected chi connectivity index (χ3v) is 6.82. The van der Waals surface area contributed by atoms with Gasteiger partial charge in [-0.15, -0.1) is 0 Å². The molecule has 3 aromatic carbocycles. The van der Waals surface area contributed by atoms with Gasteiger partial charge >= 0.3 is 22.8 Å². The fraction of sp³-hybridized carbons (Fsp3) is 0.259. The van der Waals surface area contributed by atoms with Crippen LogP contribution in [0.2, 0.25) is 5.02 Å². The van der Waals surface area contributed by atoms with Crippen LogP contribution in [0.15, 0.2) is 59.0 Å². The van der Waals surface area contributed by atoms with Gasteiger partial charge in [-0.05, 0) is 60.7 Å². The summed E-state index contributed by atoms with van der Waals surface area (Å²) in [5.74, 6) is 0.699. The van der Waals surface area contributed by atoms with Crippen LogP contribution in [0, 0.1) is 6.92 Å². The first kappa shape index (κ1) is 28.3. The smallest absolute Gasteiger partial charge is 0.408 e. The molecule has 0 bridgehead atoms. The molecule has 4 rings (SSSR count). The van der Waals surface area contributed by atoms with Crippen molar-refractivity contribution in [1.29, 1.82) is 0 Å². The Morgan fingerprint density at radius 1 is 1.13 bits per heavy atom. The molecule has 0 aliphatic carbocycles. The van der Waals surface area contributed by atoms with Crippen molar-refractivity contribution in [2.75, 3.05) is 0 Å². The number of aryl methyl sites for hydroxylation is 2. The molecule has 1 atom stereocenters. The molecule has 0 radical (unpaired) electrons. The number of rotatable bonds is 6. The van der Waals surface area contributed by atoms with Gasteiger partial charge in [-0.2, -0.15) is 21.6 Å². The highest BCUT2D eigenvalue weighted by atomic mass is 35.5. The zero-order chi connectivity index (χ0) is 28.5. The van der Waals surface area contributed by atoms with Gasteiger partial charge in [0, 0.05) is 12.1 Å². The summed E-state index contributed by atoms with van der Waals surface area (Å²) in [5.41, 5.74) is 3.07. The summed E-state index contributed by atoms with van der Waals surface area (Å²) in [5, 5.41) is -0.395. The van der Waals surface area contributed by atoms with Crippen molar-refractivity contribution in [3.05, 3.63) is 87.7 Å². The topological polar surface area (TPSA) is 90.6 Å². The molecule has 1 unspecified atom stereocenters. The number of amides is 1. The van der Waals surface area contributed by atoms with Gasteiger partial charge in [0.05, 0.1) is 21.6 Å². The quantitative estimate of drug-likeness (QED) is 0.237. The fourth-order valence-corrected chi connectivity index (χ4v) is 4.88. The fourth-order valence-electron chi connectivity index (χ4n) is 4.45. The maximum Gasteiger partial charge on any atom is 0.454 e. The van der Waals surface area contributed by atoms with Crippen LogP contribution in [-0.2, 0) is 29.5 Å². The highest BCUT2D eigenvalue weighted by Gasteiger charge is 2.34. The zero-order valence-corrected chi connectivity index (χ0v) is 22.7. The SMILES string of the molecule is CCc1nc2cc(C(F)(F)F)c(Cl)cc2n1-c1ccc(CC(C)c2cc(C)ccc2OC(=O)N=S(=O)=O)cc1. The Balaban J connectivity index is 1.63. The number of benzene rings is 3. The van der Waals surface area contributed by atoms with Crippen molar-refractivity contribution in [1.82, 2.24) is 9.55 Å². The molecule has 4 aromatic rings. The van der Waals surface area contributed by atoms with E-state index < -0.39 is 33.4 Å². The van der Waals surface area contributed by atoms with Crippen LogP contribution >= 0.6 is 11.6 Å². The number of imidazole rings is 1. The van der Waals surface area contributed by atoms with E-state index in [2.05, 4.69) is 9.35 Å². The van der Waals surface area contributed by atoms with E-state index in [-0.39, 0.29) is 17.2 Å². The van der Waals surface area contributed by atoms with E-state index in [0.717, 1.165) is 22.9 Å². The highest BCUT2D eigenvalue weighted by molar-refractivity contribution is 7.62. The number of hydrogen-bond acceptors (Lipinski definition) is 5. The molecule has 12 heteroatoms. The molecule has 0 spiro atoms. The standard InChI is InChI=1S/C27H23ClF3N3O4S/c1-4-25-32-22-13-20(27(29,30)31)21(28)14-23(22)34(25)18-8-6-17(7-9-18)12-16(3)19-11-15(2)5-10-24(19)38-26(35)33-39(36)37/h5-11,13-14,16H,4,12H2,1-3H3. The first-order chi connectivity index (χ1) is 18.4. The number of hydrogen-bond donors (Lipinski definition) is 0. The maximum absolute atomic E-state index is 13.3. The first-order valence-corrected chi connectivity index (χ1v) is 13.3. The van der Waals surface area contributed by atoms with Gasteiger partial charge in [0.1, 0.15) is 11.6 Å². The van der Waals surface area contributed by atoms with Crippen LogP contribution < -0.4 is 4.74 Å². The maximum atomic E-state index is 13.3. The van der Waals surface area contributed by atoms with Crippen molar-refractivity contribution in [3.8, 4) is 11.4 Å². The van der Waals surface area contributed by atoms with E-state index in [4.69, 9.17) is 16.3 Å². The van der Waals surface area contributed by atoms with E-state index in [0.29, 0.717) is 29.7 Å². The number of aromatic nitrogens is 2. The summed E-state index contributed by atoms with van der Waals surface area (Å²) >= 11 is 5.99. The largest absolute Gasteiger partial charge is 0.454 e.